The van der Waals surface area contributed by atoms with Gasteiger partial charge in [0.1, 0.15) is 17.9 Å². The molecule has 3 aliphatic rings. The molecule has 0 bridgehead atoms. The van der Waals surface area contributed by atoms with E-state index in [-0.39, 0.29) is 37.0 Å². The van der Waals surface area contributed by atoms with Crippen LogP contribution in [0.3, 0.4) is 0 Å². The molecule has 0 spiro atoms. The second kappa shape index (κ2) is 11.7. The van der Waals surface area contributed by atoms with Gasteiger partial charge in [-0.3, -0.25) is 24.0 Å². The van der Waals surface area contributed by atoms with Crippen molar-refractivity contribution in [1.29, 1.82) is 0 Å². The molecule has 214 valence electrons. The van der Waals surface area contributed by atoms with Gasteiger partial charge in [-0.1, -0.05) is 13.5 Å². The van der Waals surface area contributed by atoms with E-state index in [9.17, 15) is 33.9 Å². The van der Waals surface area contributed by atoms with Crippen molar-refractivity contribution in [1.82, 2.24) is 5.32 Å². The van der Waals surface area contributed by atoms with Gasteiger partial charge in [0, 0.05) is 25.2 Å². The molecule has 5 unspecified atom stereocenters. The number of aliphatic hydroxyl groups is 1. The summed E-state index contributed by atoms with van der Waals surface area (Å²) in [6.07, 6.45) is 2.16. The summed E-state index contributed by atoms with van der Waals surface area (Å²) in [7, 11) is 0. The highest BCUT2D eigenvalue weighted by atomic mass is 16.5. The lowest BCUT2D eigenvalue weighted by atomic mass is 9.56. The number of rotatable bonds is 9. The number of phenolic OH excluding ortho intramolecular Hbond substituents is 1. The Kier molecular flexibility index (Phi) is 8.53. The maximum atomic E-state index is 14.0. The third-order valence-electron chi connectivity index (χ3n) is 8.18. The Hall–Kier alpha value is -3.86. The number of Topliss-reactive ketones (excluding diaryl/α,β-unsaturated/α-hetero) is 4. The molecule has 3 aliphatic carbocycles. The molecule has 2 fully saturated rings. The lowest BCUT2D eigenvalue weighted by Gasteiger charge is -2.45. The Labute approximate surface area is 231 Å². The first-order valence-electron chi connectivity index (χ1n) is 13.6. The van der Waals surface area contributed by atoms with E-state index in [0.29, 0.717) is 24.3 Å². The molecule has 3 N–H and O–H groups in total. The molecular formula is C29H34N2O9. The van der Waals surface area contributed by atoms with Gasteiger partial charge in [-0.15, -0.1) is 0 Å². The van der Waals surface area contributed by atoms with Gasteiger partial charge in [-0.05, 0) is 55.9 Å². The van der Waals surface area contributed by atoms with Gasteiger partial charge < -0.3 is 25.2 Å². The normalized spacial score (nSPS) is 25.4. The minimum absolute atomic E-state index is 0.133. The zero-order valence-electron chi connectivity index (χ0n) is 22.6. The third kappa shape index (κ3) is 4.83. The van der Waals surface area contributed by atoms with Crippen LogP contribution in [0, 0.1) is 29.6 Å². The Balaban J connectivity index is 1.80. The van der Waals surface area contributed by atoms with Crippen LogP contribution in [0.4, 0.5) is 5.69 Å². The number of esters is 1. The maximum absolute atomic E-state index is 14.0. The van der Waals surface area contributed by atoms with E-state index < -0.39 is 77.0 Å². The van der Waals surface area contributed by atoms with Crippen LogP contribution in [0.25, 0.3) is 0 Å². The molecule has 4 rings (SSSR count). The molecule has 0 aromatic heterocycles. The fourth-order valence-electron chi connectivity index (χ4n) is 6.57. The summed E-state index contributed by atoms with van der Waals surface area (Å²) in [5.74, 6) is -10.5. The number of nitrogens with one attached hydrogen (secondary N) is 1. The summed E-state index contributed by atoms with van der Waals surface area (Å²) in [5, 5.41) is 22.5. The predicted octanol–water partition coefficient (Wildman–Crippen LogP) is 1.37. The summed E-state index contributed by atoms with van der Waals surface area (Å²) in [5.41, 5.74) is 0.647. The van der Waals surface area contributed by atoms with Crippen LogP contribution in [0.1, 0.15) is 59.4 Å². The number of phenols is 1. The zero-order chi connectivity index (χ0) is 29.3. The number of carbonyl (C=O) groups excluding carboxylic acids is 6. The average Bonchev–Trinajstić information content (AvgIpc) is 2.90. The van der Waals surface area contributed by atoms with Crippen LogP contribution in [0.5, 0.6) is 5.75 Å². The van der Waals surface area contributed by atoms with Gasteiger partial charge in [0.2, 0.25) is 5.91 Å². The summed E-state index contributed by atoms with van der Waals surface area (Å²) in [6, 6.07) is 1.48. The van der Waals surface area contributed by atoms with Crippen molar-refractivity contribution in [2.24, 2.45) is 29.6 Å². The number of fused-ring (bicyclic) bond motifs is 3. The van der Waals surface area contributed by atoms with Crippen LogP contribution in [-0.4, -0.2) is 71.5 Å². The average molecular weight is 555 g/mol. The van der Waals surface area contributed by atoms with E-state index in [1.807, 2.05) is 18.7 Å². The van der Waals surface area contributed by atoms with Crippen molar-refractivity contribution in [3.05, 3.63) is 35.5 Å². The number of ether oxygens (including phenoxy) is 1. The van der Waals surface area contributed by atoms with Crippen molar-refractivity contribution in [3.8, 4) is 5.75 Å². The van der Waals surface area contributed by atoms with Crippen molar-refractivity contribution in [2.75, 3.05) is 31.2 Å². The number of hydrogen-bond acceptors (Lipinski definition) is 10. The minimum Gasteiger partial charge on any atom is -0.506 e. The van der Waals surface area contributed by atoms with E-state index in [4.69, 9.17) is 9.84 Å². The number of ketones is 4. The fourth-order valence-corrected chi connectivity index (χ4v) is 6.57. The fraction of sp³-hybridized carbons (Fsp3) is 0.517. The van der Waals surface area contributed by atoms with Gasteiger partial charge in [-0.2, -0.15) is 0 Å². The number of amides is 1. The number of aliphatic hydroxyl groups excluding tert-OH is 1. The molecule has 40 heavy (non-hydrogen) atoms. The van der Waals surface area contributed by atoms with Gasteiger partial charge in [0.25, 0.3) is 0 Å². The van der Waals surface area contributed by atoms with Crippen LogP contribution in [-0.2, 0) is 30.3 Å². The molecule has 2 saturated carbocycles. The molecule has 1 aromatic carbocycles. The number of benzene rings is 1. The highest BCUT2D eigenvalue weighted by Gasteiger charge is 2.58. The molecule has 0 heterocycles. The lowest BCUT2D eigenvalue weighted by molar-refractivity contribution is -0.153. The highest BCUT2D eigenvalue weighted by Crippen LogP contribution is 2.50. The Morgan fingerprint density at radius 3 is 2.45 bits per heavy atom. The second-order valence-electron chi connectivity index (χ2n) is 10.5. The van der Waals surface area contributed by atoms with E-state index in [2.05, 4.69) is 11.9 Å². The first kappa shape index (κ1) is 29.1. The molecule has 1 amide bonds. The Bertz CT molecular complexity index is 1290. The Morgan fingerprint density at radius 1 is 1.12 bits per heavy atom. The monoisotopic (exact) mass is 554 g/mol. The maximum Gasteiger partial charge on any atom is 0.342 e. The van der Waals surface area contributed by atoms with Gasteiger partial charge in [0.05, 0.1) is 24.0 Å². The number of nitrogens with zero attached hydrogens (tertiary/aromatic N) is 1. The molecule has 11 heteroatoms. The summed E-state index contributed by atoms with van der Waals surface area (Å²) < 4.78 is 5.02. The van der Waals surface area contributed by atoms with Gasteiger partial charge in [-0.25, -0.2) is 4.79 Å². The topological polar surface area (TPSA) is 167 Å². The molecule has 1 aromatic rings. The second-order valence-corrected chi connectivity index (χ2v) is 10.5. The van der Waals surface area contributed by atoms with Gasteiger partial charge in [0.15, 0.2) is 29.1 Å². The molecule has 5 atom stereocenters. The third-order valence-corrected chi connectivity index (χ3v) is 8.18. The van der Waals surface area contributed by atoms with Crippen LogP contribution in [0.15, 0.2) is 18.8 Å². The van der Waals surface area contributed by atoms with E-state index >= 15 is 0 Å². The molecule has 0 saturated heterocycles. The SMILES string of the molecule is C=CNC(=O)C1C(=O)CC2CC3Cc4c(N(CC)CCC)cc(C(=O)OCCO)c(O)c4C(=O)C3C(=O)C2C1=O. The highest BCUT2D eigenvalue weighted by molar-refractivity contribution is 6.28. The van der Waals surface area contributed by atoms with Crippen molar-refractivity contribution in [3.63, 3.8) is 0 Å². The smallest absolute Gasteiger partial charge is 0.342 e. The lowest BCUT2D eigenvalue weighted by Crippen LogP contribution is -2.57. The van der Waals surface area contributed by atoms with Crippen molar-refractivity contribution < 1.29 is 43.7 Å². The van der Waals surface area contributed by atoms with Crippen molar-refractivity contribution in [2.45, 2.75) is 39.5 Å². The quantitative estimate of drug-likeness (QED) is 0.300. The van der Waals surface area contributed by atoms with Crippen molar-refractivity contribution >= 4 is 40.7 Å². The number of anilines is 1. The first-order chi connectivity index (χ1) is 19.1. The number of aromatic hydroxyl groups is 1. The standard InChI is InChI=1S/C29H34N2O9/c1-4-7-31(6-3)18-13-17(29(39)40-9-8-32)24(34)22-16(18)11-14-10-15-12-19(33)23(28(38)30-5-2)27(37)21(15)25(35)20(14)26(22)36/h5,13-15,20-21,23,32,34H,2,4,6-12H2,1,3H3,(H,30,38). The van der Waals surface area contributed by atoms with Crippen LogP contribution in [0.2, 0.25) is 0 Å². The molecule has 0 radical (unpaired) electrons. The van der Waals surface area contributed by atoms with E-state index in [1.54, 1.807) is 0 Å². The van der Waals surface area contributed by atoms with Gasteiger partial charge >= 0.3 is 5.97 Å². The predicted molar refractivity (Wildman–Crippen MR) is 142 cm³/mol. The number of carbonyl (C=O) groups is 6. The van der Waals surface area contributed by atoms with E-state index in [0.717, 1.165) is 12.6 Å². The minimum atomic E-state index is -1.65. The largest absolute Gasteiger partial charge is 0.506 e. The van der Waals surface area contributed by atoms with E-state index in [1.165, 1.54) is 6.07 Å². The number of hydrogen-bond donors (Lipinski definition) is 3. The molecular weight excluding hydrogens is 520 g/mol. The zero-order valence-corrected chi connectivity index (χ0v) is 22.6. The van der Waals surface area contributed by atoms with Crippen LogP contribution < -0.4 is 10.2 Å². The molecule has 11 nitrogen and oxygen atoms in total. The first-order valence-corrected chi connectivity index (χ1v) is 13.6. The summed E-state index contributed by atoms with van der Waals surface area (Å²) >= 11 is 0. The summed E-state index contributed by atoms with van der Waals surface area (Å²) in [6.45, 7) is 7.67. The molecule has 0 aliphatic heterocycles. The summed E-state index contributed by atoms with van der Waals surface area (Å²) in [4.78, 5) is 81.0. The Morgan fingerprint density at radius 2 is 1.82 bits per heavy atom. The van der Waals surface area contributed by atoms with Crippen LogP contribution >= 0.6 is 0 Å².